The molecule has 0 fully saturated rings. The highest BCUT2D eigenvalue weighted by molar-refractivity contribution is 7.98. The molecule has 146 valence electrons. The van der Waals surface area contributed by atoms with Crippen LogP contribution in [0.3, 0.4) is 0 Å². The Labute approximate surface area is 173 Å². The maximum Gasteiger partial charge on any atom is 0.253 e. The van der Waals surface area contributed by atoms with Crippen LogP contribution < -0.4 is 10.6 Å². The van der Waals surface area contributed by atoms with Gasteiger partial charge in [-0.15, -0.1) is 0 Å². The van der Waals surface area contributed by atoms with Crippen LogP contribution in [0.4, 0.5) is 0 Å². The second kappa shape index (κ2) is 10.1. The maximum absolute atomic E-state index is 12.6. The third-order valence-electron chi connectivity index (χ3n) is 4.01. The van der Waals surface area contributed by atoms with Crippen molar-refractivity contribution in [1.82, 2.24) is 10.6 Å². The van der Waals surface area contributed by atoms with Gasteiger partial charge in [-0.2, -0.15) is 11.8 Å². The van der Waals surface area contributed by atoms with E-state index < -0.39 is 11.9 Å². The van der Waals surface area contributed by atoms with Gasteiger partial charge in [0, 0.05) is 17.1 Å². The van der Waals surface area contributed by atoms with E-state index in [4.69, 9.17) is 27.6 Å². The van der Waals surface area contributed by atoms with Crippen molar-refractivity contribution in [3.8, 4) is 0 Å². The van der Waals surface area contributed by atoms with Crippen LogP contribution in [0, 0.1) is 13.8 Å². The van der Waals surface area contributed by atoms with E-state index in [9.17, 15) is 9.59 Å². The third-order valence-corrected chi connectivity index (χ3v) is 5.20. The summed E-state index contributed by atoms with van der Waals surface area (Å²) in [4.78, 5) is 25.2. The van der Waals surface area contributed by atoms with E-state index in [-0.39, 0.29) is 16.5 Å². The molecule has 0 saturated carbocycles. The Morgan fingerprint density at radius 1 is 1.22 bits per heavy atom. The molecule has 1 aromatic heterocycles. The van der Waals surface area contributed by atoms with Gasteiger partial charge in [-0.1, -0.05) is 23.2 Å². The molecule has 0 aliphatic rings. The maximum atomic E-state index is 12.6. The van der Waals surface area contributed by atoms with Gasteiger partial charge >= 0.3 is 0 Å². The van der Waals surface area contributed by atoms with Gasteiger partial charge in [0.25, 0.3) is 5.91 Å². The van der Waals surface area contributed by atoms with Gasteiger partial charge in [0.05, 0.1) is 10.6 Å². The number of aryl methyl sites for hydroxylation is 2. The molecule has 5 nitrogen and oxygen atoms in total. The lowest BCUT2D eigenvalue weighted by atomic mass is 10.1. The number of carbonyl (C=O) groups excluding carboxylic acids is 2. The average molecular weight is 429 g/mol. The smallest absolute Gasteiger partial charge is 0.253 e. The van der Waals surface area contributed by atoms with Crippen molar-refractivity contribution in [1.29, 1.82) is 0 Å². The normalized spacial score (nSPS) is 11.9. The molecule has 2 rings (SSSR count). The predicted molar refractivity (Wildman–Crippen MR) is 111 cm³/mol. The summed E-state index contributed by atoms with van der Waals surface area (Å²) in [6.07, 6.45) is 2.46. The SMILES string of the molecule is CSCCC(NC(=O)c1ccc(Cl)cc1Cl)C(=O)NCc1cc(C)oc1C. The van der Waals surface area contributed by atoms with E-state index in [0.717, 1.165) is 22.8 Å². The number of nitrogens with one attached hydrogen (secondary N) is 2. The van der Waals surface area contributed by atoms with Crippen LogP contribution >= 0.6 is 35.0 Å². The minimum Gasteiger partial charge on any atom is -0.466 e. The van der Waals surface area contributed by atoms with E-state index in [2.05, 4.69) is 10.6 Å². The van der Waals surface area contributed by atoms with Crippen LogP contribution in [-0.2, 0) is 11.3 Å². The summed E-state index contributed by atoms with van der Waals surface area (Å²) in [6.45, 7) is 4.05. The third kappa shape index (κ3) is 6.19. The summed E-state index contributed by atoms with van der Waals surface area (Å²) in [5.74, 6) is 1.64. The standard InChI is InChI=1S/C19H22Cl2N2O3S/c1-11-8-13(12(2)26-11)10-22-19(25)17(6-7-27-3)23-18(24)15-5-4-14(20)9-16(15)21/h4-5,8-9,17H,6-7,10H2,1-3H3,(H,22,25)(H,23,24). The molecule has 27 heavy (non-hydrogen) atoms. The van der Waals surface area contributed by atoms with Gasteiger partial charge < -0.3 is 15.1 Å². The number of amides is 2. The largest absolute Gasteiger partial charge is 0.466 e. The quantitative estimate of drug-likeness (QED) is 0.654. The number of benzene rings is 1. The molecule has 1 heterocycles. The number of furan rings is 1. The van der Waals surface area contributed by atoms with Crippen LogP contribution in [0.2, 0.25) is 10.0 Å². The van der Waals surface area contributed by atoms with E-state index in [1.165, 1.54) is 6.07 Å². The van der Waals surface area contributed by atoms with E-state index in [0.29, 0.717) is 18.0 Å². The molecule has 0 saturated heterocycles. The van der Waals surface area contributed by atoms with Gasteiger partial charge in [0.2, 0.25) is 5.91 Å². The Morgan fingerprint density at radius 3 is 2.56 bits per heavy atom. The number of hydrogen-bond acceptors (Lipinski definition) is 4. The second-order valence-electron chi connectivity index (χ2n) is 6.09. The topological polar surface area (TPSA) is 71.3 Å². The first-order valence-electron chi connectivity index (χ1n) is 8.40. The fourth-order valence-corrected chi connectivity index (χ4v) is 3.54. The highest BCUT2D eigenvalue weighted by atomic mass is 35.5. The molecule has 0 spiro atoms. The molecule has 1 unspecified atom stereocenters. The van der Waals surface area contributed by atoms with E-state index in [1.807, 2.05) is 26.2 Å². The number of halogens is 2. The molecule has 2 N–H and O–H groups in total. The van der Waals surface area contributed by atoms with Crippen molar-refractivity contribution in [3.05, 3.63) is 57.0 Å². The highest BCUT2D eigenvalue weighted by Crippen LogP contribution is 2.21. The fourth-order valence-electron chi connectivity index (χ4n) is 2.58. The Morgan fingerprint density at radius 2 is 1.96 bits per heavy atom. The Bertz CT molecular complexity index is 823. The zero-order valence-electron chi connectivity index (χ0n) is 15.4. The molecule has 2 aromatic rings. The first-order chi connectivity index (χ1) is 12.8. The molecule has 0 aliphatic heterocycles. The van der Waals surface area contributed by atoms with Gasteiger partial charge in [-0.3, -0.25) is 9.59 Å². The summed E-state index contributed by atoms with van der Waals surface area (Å²) >= 11 is 13.6. The van der Waals surface area contributed by atoms with Gasteiger partial charge in [-0.05, 0) is 56.5 Å². The summed E-state index contributed by atoms with van der Waals surface area (Å²) in [6, 6.07) is 5.85. The van der Waals surface area contributed by atoms with Crippen molar-refractivity contribution in [3.63, 3.8) is 0 Å². The monoisotopic (exact) mass is 428 g/mol. The summed E-state index contributed by atoms with van der Waals surface area (Å²) < 4.78 is 5.47. The zero-order chi connectivity index (χ0) is 20.0. The zero-order valence-corrected chi connectivity index (χ0v) is 17.7. The van der Waals surface area contributed by atoms with Gasteiger partial charge in [0.1, 0.15) is 17.6 Å². The van der Waals surface area contributed by atoms with Crippen LogP contribution in [0.1, 0.15) is 33.9 Å². The predicted octanol–water partition coefficient (Wildman–Crippen LogP) is 4.37. The number of carbonyl (C=O) groups is 2. The summed E-state index contributed by atoms with van der Waals surface area (Å²) in [5, 5.41) is 6.32. The second-order valence-corrected chi connectivity index (χ2v) is 7.92. The first-order valence-corrected chi connectivity index (χ1v) is 10.5. The van der Waals surface area contributed by atoms with E-state index >= 15 is 0 Å². The van der Waals surface area contributed by atoms with Crippen molar-refractivity contribution in [2.24, 2.45) is 0 Å². The number of hydrogen-bond donors (Lipinski definition) is 2. The minimum atomic E-state index is -0.662. The highest BCUT2D eigenvalue weighted by Gasteiger charge is 2.22. The molecular weight excluding hydrogens is 407 g/mol. The van der Waals surface area contributed by atoms with E-state index in [1.54, 1.807) is 23.9 Å². The Hall–Kier alpha value is -1.63. The average Bonchev–Trinajstić information content (AvgIpc) is 2.93. The summed E-state index contributed by atoms with van der Waals surface area (Å²) in [7, 11) is 0. The van der Waals surface area contributed by atoms with Crippen molar-refractivity contribution in [2.45, 2.75) is 32.9 Å². The summed E-state index contributed by atoms with van der Waals surface area (Å²) in [5.41, 5.74) is 1.20. The van der Waals surface area contributed by atoms with Crippen molar-refractivity contribution >= 4 is 46.8 Å². The van der Waals surface area contributed by atoms with Gasteiger partial charge in [0.15, 0.2) is 0 Å². The lowest BCUT2D eigenvalue weighted by molar-refractivity contribution is -0.123. The van der Waals surface area contributed by atoms with Crippen LogP contribution in [-0.4, -0.2) is 29.9 Å². The van der Waals surface area contributed by atoms with Crippen LogP contribution in [0.25, 0.3) is 0 Å². The molecule has 0 radical (unpaired) electrons. The van der Waals surface area contributed by atoms with Crippen molar-refractivity contribution in [2.75, 3.05) is 12.0 Å². The van der Waals surface area contributed by atoms with Crippen molar-refractivity contribution < 1.29 is 14.0 Å². The van der Waals surface area contributed by atoms with Crippen LogP contribution in [0.5, 0.6) is 0 Å². The molecule has 0 aliphatic carbocycles. The number of thioether (sulfide) groups is 1. The fraction of sp³-hybridized carbons (Fsp3) is 0.368. The lowest BCUT2D eigenvalue weighted by Crippen LogP contribution is -2.47. The molecule has 1 aromatic carbocycles. The molecule has 1 atom stereocenters. The first kappa shape index (κ1) is 21.7. The molecule has 0 bridgehead atoms. The minimum absolute atomic E-state index is 0.244. The number of rotatable bonds is 8. The molecular formula is C19H22Cl2N2O3S. The Kier molecular flexibility index (Phi) is 8.07. The van der Waals surface area contributed by atoms with Gasteiger partial charge in [-0.25, -0.2) is 0 Å². The van der Waals surface area contributed by atoms with Crippen LogP contribution in [0.15, 0.2) is 28.7 Å². The molecule has 2 amide bonds. The lowest BCUT2D eigenvalue weighted by Gasteiger charge is -2.18. The Balaban J connectivity index is 2.05. The molecule has 8 heteroatoms.